The van der Waals surface area contributed by atoms with Gasteiger partial charge >= 0.3 is 0 Å². The van der Waals surface area contributed by atoms with Crippen LogP contribution in [0, 0.1) is 5.41 Å². The predicted octanol–water partition coefficient (Wildman–Crippen LogP) is 2.14. The molecule has 0 aromatic rings. The smallest absolute Gasteiger partial charge is 0.0700 e. The molecule has 1 aliphatic heterocycles. The van der Waals surface area contributed by atoms with E-state index in [0.717, 1.165) is 32.7 Å². The van der Waals surface area contributed by atoms with Gasteiger partial charge in [0, 0.05) is 38.9 Å². The van der Waals surface area contributed by atoms with Gasteiger partial charge in [0.15, 0.2) is 0 Å². The first kappa shape index (κ1) is 17.9. The molecule has 1 fully saturated rings. The van der Waals surface area contributed by atoms with Crippen LogP contribution in [0.1, 0.15) is 40.5 Å². The number of hydrogen-bond acceptors (Lipinski definition) is 4. The summed E-state index contributed by atoms with van der Waals surface area (Å²) >= 11 is 0. The average molecular weight is 286 g/mol. The molecule has 1 N–H and O–H groups in total. The lowest BCUT2D eigenvalue weighted by atomic mass is 9.86. The number of nitrogens with one attached hydrogen (secondary N) is 1. The second kappa shape index (κ2) is 8.98. The summed E-state index contributed by atoms with van der Waals surface area (Å²) in [4.78, 5) is 2.62. The van der Waals surface area contributed by atoms with E-state index < -0.39 is 0 Å². The van der Waals surface area contributed by atoms with Crippen molar-refractivity contribution >= 4 is 0 Å². The quantitative estimate of drug-likeness (QED) is 0.727. The topological polar surface area (TPSA) is 33.7 Å². The molecule has 1 saturated heterocycles. The molecule has 2 atom stereocenters. The zero-order chi connectivity index (χ0) is 15.0. The van der Waals surface area contributed by atoms with Gasteiger partial charge in [0.2, 0.25) is 0 Å². The van der Waals surface area contributed by atoms with Crippen LogP contribution in [-0.4, -0.2) is 63.5 Å². The minimum atomic E-state index is 0.317. The number of hydrogen-bond donors (Lipinski definition) is 1. The summed E-state index contributed by atoms with van der Waals surface area (Å²) in [6.07, 6.45) is 2.34. The van der Waals surface area contributed by atoms with E-state index >= 15 is 0 Å². The Balaban J connectivity index is 2.33. The molecule has 0 aromatic heterocycles. The summed E-state index contributed by atoms with van der Waals surface area (Å²) in [6, 6.07) is 1.23. The Morgan fingerprint density at radius 3 is 2.60 bits per heavy atom. The van der Waals surface area contributed by atoms with E-state index in [-0.39, 0.29) is 0 Å². The molecule has 0 radical (unpaired) electrons. The van der Waals surface area contributed by atoms with E-state index in [1.165, 1.54) is 6.42 Å². The maximum Gasteiger partial charge on any atom is 0.0700 e. The van der Waals surface area contributed by atoms with E-state index in [1.807, 2.05) is 0 Å². The van der Waals surface area contributed by atoms with E-state index in [9.17, 15) is 0 Å². The molecular weight excluding hydrogens is 252 g/mol. The zero-order valence-electron chi connectivity index (χ0n) is 14.1. The maximum atomic E-state index is 5.56. The molecule has 1 aliphatic rings. The van der Waals surface area contributed by atoms with Crippen LogP contribution in [0.5, 0.6) is 0 Å². The first-order chi connectivity index (χ1) is 9.45. The molecule has 0 aromatic carbocycles. The van der Waals surface area contributed by atoms with Crippen molar-refractivity contribution in [1.82, 2.24) is 10.2 Å². The molecular formula is C16H34N2O2. The fourth-order valence-electron chi connectivity index (χ4n) is 2.63. The third-order valence-corrected chi connectivity index (χ3v) is 4.20. The van der Waals surface area contributed by atoms with Gasteiger partial charge in [-0.3, -0.25) is 4.90 Å². The van der Waals surface area contributed by atoms with Crippen LogP contribution in [0.4, 0.5) is 0 Å². The monoisotopic (exact) mass is 286 g/mol. The van der Waals surface area contributed by atoms with Crippen molar-refractivity contribution in [2.45, 2.75) is 52.6 Å². The van der Waals surface area contributed by atoms with Crippen molar-refractivity contribution in [3.63, 3.8) is 0 Å². The van der Waals surface area contributed by atoms with Crippen molar-refractivity contribution in [3.05, 3.63) is 0 Å². The van der Waals surface area contributed by atoms with E-state index in [1.54, 1.807) is 7.11 Å². The van der Waals surface area contributed by atoms with E-state index in [2.05, 4.69) is 37.9 Å². The van der Waals surface area contributed by atoms with Crippen molar-refractivity contribution in [1.29, 1.82) is 0 Å². The van der Waals surface area contributed by atoms with Crippen LogP contribution in [-0.2, 0) is 9.47 Å². The van der Waals surface area contributed by atoms with Crippen LogP contribution in [0.2, 0.25) is 0 Å². The molecule has 4 nitrogen and oxygen atoms in total. The average Bonchev–Trinajstić information content (AvgIpc) is 2.56. The zero-order valence-corrected chi connectivity index (χ0v) is 14.1. The second-order valence-electron chi connectivity index (χ2n) is 6.96. The Hall–Kier alpha value is -0.160. The molecule has 0 bridgehead atoms. The molecule has 2 unspecified atom stereocenters. The minimum absolute atomic E-state index is 0.317. The van der Waals surface area contributed by atoms with Crippen LogP contribution in [0.15, 0.2) is 0 Å². The van der Waals surface area contributed by atoms with E-state index in [0.29, 0.717) is 30.7 Å². The number of methoxy groups -OCH3 is 1. The normalized spacial score (nSPS) is 25.6. The summed E-state index contributed by atoms with van der Waals surface area (Å²) in [7, 11) is 1.71. The summed E-state index contributed by atoms with van der Waals surface area (Å²) in [6.45, 7) is 15.0. The Morgan fingerprint density at radius 2 is 1.95 bits per heavy atom. The molecule has 1 heterocycles. The Labute approximate surface area is 125 Å². The third-order valence-electron chi connectivity index (χ3n) is 4.20. The number of rotatable bonds is 7. The van der Waals surface area contributed by atoms with Crippen LogP contribution in [0.25, 0.3) is 0 Å². The molecule has 0 amide bonds. The second-order valence-corrected chi connectivity index (χ2v) is 6.96. The summed E-state index contributed by atoms with van der Waals surface area (Å²) in [5, 5.41) is 3.71. The van der Waals surface area contributed by atoms with Gasteiger partial charge in [-0.2, -0.15) is 0 Å². The van der Waals surface area contributed by atoms with Crippen LogP contribution >= 0.6 is 0 Å². The van der Waals surface area contributed by atoms with Crippen LogP contribution in [0.3, 0.4) is 0 Å². The fraction of sp³-hybridized carbons (Fsp3) is 1.00. The summed E-state index contributed by atoms with van der Waals surface area (Å²) < 4.78 is 10.5. The fourth-order valence-corrected chi connectivity index (χ4v) is 2.63. The van der Waals surface area contributed by atoms with E-state index in [4.69, 9.17) is 9.47 Å². The lowest BCUT2D eigenvalue weighted by Gasteiger charge is -2.35. The van der Waals surface area contributed by atoms with Gasteiger partial charge in [0.25, 0.3) is 0 Å². The highest BCUT2D eigenvalue weighted by atomic mass is 16.5. The van der Waals surface area contributed by atoms with Gasteiger partial charge in [-0.15, -0.1) is 0 Å². The van der Waals surface area contributed by atoms with Crippen molar-refractivity contribution in [2.75, 3.05) is 46.6 Å². The van der Waals surface area contributed by atoms with Gasteiger partial charge in [0.1, 0.15) is 0 Å². The van der Waals surface area contributed by atoms with Crippen molar-refractivity contribution < 1.29 is 9.47 Å². The first-order valence-electron chi connectivity index (χ1n) is 7.99. The number of ether oxygens (including phenoxy) is 2. The largest absolute Gasteiger partial charge is 0.382 e. The molecule has 4 heteroatoms. The highest BCUT2D eigenvalue weighted by Gasteiger charge is 2.30. The number of nitrogens with zero attached hydrogens (tertiary/aromatic N) is 1. The van der Waals surface area contributed by atoms with Gasteiger partial charge < -0.3 is 14.8 Å². The van der Waals surface area contributed by atoms with Gasteiger partial charge in [-0.25, -0.2) is 0 Å². The summed E-state index contributed by atoms with van der Waals surface area (Å²) in [5.74, 6) is 0. The highest BCUT2D eigenvalue weighted by molar-refractivity contribution is 4.88. The maximum absolute atomic E-state index is 5.56. The van der Waals surface area contributed by atoms with Gasteiger partial charge in [-0.1, -0.05) is 20.8 Å². The Morgan fingerprint density at radius 1 is 1.20 bits per heavy atom. The van der Waals surface area contributed by atoms with Crippen molar-refractivity contribution in [2.24, 2.45) is 5.41 Å². The summed E-state index contributed by atoms with van der Waals surface area (Å²) in [5.41, 5.74) is 0.317. The molecule has 0 saturated carbocycles. The molecule has 120 valence electrons. The lowest BCUT2D eigenvalue weighted by Crippen LogP contribution is -2.47. The molecule has 0 aliphatic carbocycles. The Kier molecular flexibility index (Phi) is 8.03. The SMILES string of the molecule is COCCOCCCN1CC(C(C)(C)C)NCCC1C. The van der Waals surface area contributed by atoms with Crippen molar-refractivity contribution in [3.8, 4) is 0 Å². The molecule has 0 spiro atoms. The molecule has 1 rings (SSSR count). The van der Waals surface area contributed by atoms with Gasteiger partial charge in [0.05, 0.1) is 13.2 Å². The third kappa shape index (κ3) is 6.53. The molecule has 20 heavy (non-hydrogen) atoms. The predicted molar refractivity (Wildman–Crippen MR) is 84.2 cm³/mol. The highest BCUT2D eigenvalue weighted by Crippen LogP contribution is 2.23. The van der Waals surface area contributed by atoms with Crippen LogP contribution < -0.4 is 5.32 Å². The lowest BCUT2D eigenvalue weighted by molar-refractivity contribution is 0.0617. The Bertz CT molecular complexity index is 253. The minimum Gasteiger partial charge on any atom is -0.382 e. The standard InChI is InChI=1S/C16H34N2O2/c1-14-7-8-17-15(16(2,3)4)13-18(14)9-6-10-20-12-11-19-5/h14-15,17H,6-13H2,1-5H3. The van der Waals surface area contributed by atoms with Gasteiger partial charge in [-0.05, 0) is 31.7 Å². The first-order valence-corrected chi connectivity index (χ1v) is 7.99.